The first-order chi connectivity index (χ1) is 14.7. The van der Waals surface area contributed by atoms with Crippen molar-refractivity contribution in [2.24, 2.45) is 5.92 Å². The lowest BCUT2D eigenvalue weighted by molar-refractivity contribution is -0.116. The number of nitrogens with zero attached hydrogens (tertiary/aromatic N) is 5. The molecule has 0 spiro atoms. The molecule has 0 bridgehead atoms. The third-order valence-electron chi connectivity index (χ3n) is 6.18. The van der Waals surface area contributed by atoms with Gasteiger partial charge in [0.25, 0.3) is 0 Å². The number of aromatic nitrogens is 4. The molecule has 30 heavy (non-hydrogen) atoms. The zero-order chi connectivity index (χ0) is 20.2. The van der Waals surface area contributed by atoms with Gasteiger partial charge in [0, 0.05) is 17.1 Å². The maximum atomic E-state index is 12.9. The monoisotopic (exact) mass is 435 g/mol. The molecule has 6 nitrogen and oxygen atoms in total. The van der Waals surface area contributed by atoms with Gasteiger partial charge < -0.3 is 4.90 Å². The molecule has 0 unspecified atom stereocenters. The second kappa shape index (κ2) is 7.06. The van der Waals surface area contributed by atoms with Gasteiger partial charge in [0.15, 0.2) is 10.8 Å². The molecule has 4 heterocycles. The van der Waals surface area contributed by atoms with Gasteiger partial charge in [-0.15, -0.1) is 21.5 Å². The molecular formula is C22H21N5OS2. The summed E-state index contributed by atoms with van der Waals surface area (Å²) in [5, 5.41) is 10.8. The Balaban J connectivity index is 1.28. The number of thioether (sulfide) groups is 1. The maximum Gasteiger partial charge on any atom is 0.237 e. The number of fused-ring (bicyclic) bond motifs is 6. The molecular weight excluding hydrogens is 414 g/mol. The Morgan fingerprint density at radius 2 is 2.17 bits per heavy atom. The summed E-state index contributed by atoms with van der Waals surface area (Å²) < 4.78 is 1.95. The fourth-order valence-corrected chi connectivity index (χ4v) is 6.74. The molecule has 1 amide bonds. The van der Waals surface area contributed by atoms with Gasteiger partial charge in [-0.25, -0.2) is 4.98 Å². The van der Waals surface area contributed by atoms with Gasteiger partial charge in [0.05, 0.1) is 11.1 Å². The fraction of sp³-hybridized carbons (Fsp3) is 0.364. The number of anilines is 1. The van der Waals surface area contributed by atoms with Crippen LogP contribution >= 0.6 is 23.1 Å². The van der Waals surface area contributed by atoms with E-state index in [0.29, 0.717) is 5.75 Å². The second-order valence-electron chi connectivity index (χ2n) is 8.17. The highest BCUT2D eigenvalue weighted by molar-refractivity contribution is 7.99. The summed E-state index contributed by atoms with van der Waals surface area (Å²) in [6.45, 7) is 3.07. The molecule has 0 saturated heterocycles. The van der Waals surface area contributed by atoms with E-state index in [9.17, 15) is 4.79 Å². The van der Waals surface area contributed by atoms with Crippen LogP contribution in [0.1, 0.15) is 29.3 Å². The molecule has 0 saturated carbocycles. The average molecular weight is 436 g/mol. The number of hydrogen-bond acceptors (Lipinski definition) is 6. The summed E-state index contributed by atoms with van der Waals surface area (Å²) in [5.74, 6) is 1.18. The van der Waals surface area contributed by atoms with E-state index in [-0.39, 0.29) is 5.91 Å². The van der Waals surface area contributed by atoms with Crippen molar-refractivity contribution in [3.8, 4) is 0 Å². The van der Waals surface area contributed by atoms with Gasteiger partial charge >= 0.3 is 0 Å². The van der Waals surface area contributed by atoms with Crippen LogP contribution in [0.3, 0.4) is 0 Å². The lowest BCUT2D eigenvalue weighted by Gasteiger charge is -2.17. The Kier molecular flexibility index (Phi) is 4.31. The maximum absolute atomic E-state index is 12.9. The lowest BCUT2D eigenvalue weighted by atomic mass is 9.89. The Hall–Kier alpha value is -2.45. The van der Waals surface area contributed by atoms with Crippen LogP contribution in [0.2, 0.25) is 0 Å². The number of carbonyl (C=O) groups is 1. The number of thiophene rings is 1. The van der Waals surface area contributed by atoms with Crippen molar-refractivity contribution in [1.82, 2.24) is 19.6 Å². The zero-order valence-electron chi connectivity index (χ0n) is 16.7. The Morgan fingerprint density at radius 1 is 1.27 bits per heavy atom. The lowest BCUT2D eigenvalue weighted by Crippen LogP contribution is -2.30. The number of carbonyl (C=O) groups excluding carboxylic acids is 1. The summed E-state index contributed by atoms with van der Waals surface area (Å²) in [6.07, 6.45) is 6.15. The Labute approximate surface area is 182 Å². The first kappa shape index (κ1) is 18.3. The minimum atomic E-state index is 0.109. The summed E-state index contributed by atoms with van der Waals surface area (Å²) in [7, 11) is 0. The predicted molar refractivity (Wildman–Crippen MR) is 121 cm³/mol. The van der Waals surface area contributed by atoms with Gasteiger partial charge in [-0.2, -0.15) is 0 Å². The fourth-order valence-electron chi connectivity index (χ4n) is 4.62. The van der Waals surface area contributed by atoms with Crippen LogP contribution in [-0.4, -0.2) is 37.8 Å². The number of amides is 1. The van der Waals surface area contributed by atoms with Crippen LogP contribution in [-0.2, 0) is 24.1 Å². The first-order valence-corrected chi connectivity index (χ1v) is 12.1. The standard InChI is InChI=1S/C22H21N5OS2/c1-13-6-7-15-17(10-13)30-21-19(15)20-24-25-22(27(20)12-23-21)29-11-18(28)26-9-8-14-4-2-3-5-16(14)26/h2-5,12-13H,6-11H2,1H3/t13-/m1/s1. The Morgan fingerprint density at radius 3 is 3.10 bits per heavy atom. The molecule has 4 aromatic rings. The minimum absolute atomic E-state index is 0.109. The van der Waals surface area contributed by atoms with Crippen molar-refractivity contribution >= 4 is 50.6 Å². The number of hydrogen-bond donors (Lipinski definition) is 0. The van der Waals surface area contributed by atoms with Gasteiger partial charge in [-0.1, -0.05) is 36.9 Å². The molecule has 0 N–H and O–H groups in total. The molecule has 8 heteroatoms. The molecule has 1 aliphatic carbocycles. The molecule has 1 aliphatic heterocycles. The van der Waals surface area contributed by atoms with Crippen molar-refractivity contribution in [2.75, 3.05) is 17.2 Å². The van der Waals surface area contributed by atoms with Crippen molar-refractivity contribution in [1.29, 1.82) is 0 Å². The highest BCUT2D eigenvalue weighted by Crippen LogP contribution is 2.39. The van der Waals surface area contributed by atoms with Crippen molar-refractivity contribution < 1.29 is 4.79 Å². The van der Waals surface area contributed by atoms with Gasteiger partial charge in [-0.3, -0.25) is 9.20 Å². The summed E-state index contributed by atoms with van der Waals surface area (Å²) in [6, 6.07) is 8.14. The van der Waals surface area contributed by atoms with E-state index in [2.05, 4.69) is 23.2 Å². The highest BCUT2D eigenvalue weighted by Gasteiger charge is 2.26. The third kappa shape index (κ3) is 2.85. The van der Waals surface area contributed by atoms with Gasteiger partial charge in [-0.05, 0) is 48.8 Å². The van der Waals surface area contributed by atoms with E-state index in [1.165, 1.54) is 34.2 Å². The molecule has 1 aromatic carbocycles. The van der Waals surface area contributed by atoms with E-state index < -0.39 is 0 Å². The molecule has 152 valence electrons. The van der Waals surface area contributed by atoms with Crippen molar-refractivity contribution in [2.45, 2.75) is 37.8 Å². The zero-order valence-corrected chi connectivity index (χ0v) is 18.3. The van der Waals surface area contributed by atoms with Crippen LogP contribution in [0.15, 0.2) is 35.7 Å². The van der Waals surface area contributed by atoms with Crippen LogP contribution < -0.4 is 4.90 Å². The Bertz CT molecular complexity index is 1290. The molecule has 3 aromatic heterocycles. The molecule has 1 atom stereocenters. The topological polar surface area (TPSA) is 63.4 Å². The third-order valence-corrected chi connectivity index (χ3v) is 8.27. The number of para-hydroxylation sites is 1. The predicted octanol–water partition coefficient (Wildman–Crippen LogP) is 4.15. The van der Waals surface area contributed by atoms with E-state index in [4.69, 9.17) is 4.98 Å². The van der Waals surface area contributed by atoms with Gasteiger partial charge in [0.2, 0.25) is 5.91 Å². The van der Waals surface area contributed by atoms with Crippen molar-refractivity contribution in [3.63, 3.8) is 0 Å². The highest BCUT2D eigenvalue weighted by atomic mass is 32.2. The number of rotatable bonds is 3. The van der Waals surface area contributed by atoms with Crippen molar-refractivity contribution in [3.05, 3.63) is 46.6 Å². The molecule has 6 rings (SSSR count). The molecule has 2 aliphatic rings. The molecule has 0 fully saturated rings. The second-order valence-corrected chi connectivity index (χ2v) is 10.2. The number of aryl methyl sites for hydroxylation is 1. The molecule has 0 radical (unpaired) electrons. The quantitative estimate of drug-likeness (QED) is 0.453. The van der Waals surface area contributed by atoms with E-state index in [1.54, 1.807) is 17.7 Å². The number of benzene rings is 1. The van der Waals surface area contributed by atoms with Crippen LogP contribution in [0.5, 0.6) is 0 Å². The summed E-state index contributed by atoms with van der Waals surface area (Å²) in [4.78, 5) is 22.0. The van der Waals surface area contributed by atoms with Crippen LogP contribution in [0.25, 0.3) is 15.9 Å². The summed E-state index contributed by atoms with van der Waals surface area (Å²) in [5.41, 5.74) is 4.55. The summed E-state index contributed by atoms with van der Waals surface area (Å²) >= 11 is 3.23. The van der Waals surface area contributed by atoms with Crippen LogP contribution in [0, 0.1) is 5.92 Å². The smallest absolute Gasteiger partial charge is 0.237 e. The minimum Gasteiger partial charge on any atom is -0.311 e. The largest absolute Gasteiger partial charge is 0.311 e. The van der Waals surface area contributed by atoms with Gasteiger partial charge in [0.1, 0.15) is 11.2 Å². The normalized spacial score (nSPS) is 18.2. The van der Waals surface area contributed by atoms with E-state index in [1.807, 2.05) is 27.5 Å². The van der Waals surface area contributed by atoms with E-state index in [0.717, 1.165) is 58.4 Å². The SMILES string of the molecule is C[C@@H]1CCc2c(sc3ncn4c(SCC(=O)N5CCc6ccccc65)nnc4c23)C1. The van der Waals surface area contributed by atoms with E-state index >= 15 is 0 Å². The first-order valence-electron chi connectivity index (χ1n) is 10.3. The average Bonchev–Trinajstić information content (AvgIpc) is 3.45. The van der Waals surface area contributed by atoms with Crippen LogP contribution in [0.4, 0.5) is 5.69 Å².